The second-order valence-corrected chi connectivity index (χ2v) is 5.46. The van der Waals surface area contributed by atoms with Gasteiger partial charge in [0, 0.05) is 31.5 Å². The molecule has 6 heteroatoms. The third-order valence-electron chi connectivity index (χ3n) is 3.41. The summed E-state index contributed by atoms with van der Waals surface area (Å²) in [7, 11) is 0. The minimum absolute atomic E-state index is 0. The minimum atomic E-state index is 0. The van der Waals surface area contributed by atoms with Crippen LogP contribution in [0, 0.1) is 0 Å². The first-order valence-corrected chi connectivity index (χ1v) is 8.26. The number of guanidine groups is 1. The SMILES string of the molecule is CCCCCCC(C)NC(=NCCn1ccnc1)NCC.I. The summed E-state index contributed by atoms with van der Waals surface area (Å²) in [6, 6.07) is 0.466. The number of unbranched alkanes of at least 4 members (excludes halogenated alkanes) is 3. The lowest BCUT2D eigenvalue weighted by Gasteiger charge is -2.17. The Morgan fingerprint density at radius 3 is 2.73 bits per heavy atom. The predicted octanol–water partition coefficient (Wildman–Crippen LogP) is 3.42. The zero-order valence-corrected chi connectivity index (χ0v) is 16.5. The van der Waals surface area contributed by atoms with E-state index in [0.717, 1.165) is 25.6 Å². The van der Waals surface area contributed by atoms with E-state index in [-0.39, 0.29) is 24.0 Å². The molecule has 1 unspecified atom stereocenters. The van der Waals surface area contributed by atoms with E-state index in [1.165, 1.54) is 32.1 Å². The third-order valence-corrected chi connectivity index (χ3v) is 3.41. The molecule has 2 N–H and O–H groups in total. The molecular weight excluding hydrogens is 389 g/mol. The van der Waals surface area contributed by atoms with Crippen molar-refractivity contribution in [1.82, 2.24) is 20.2 Å². The Labute approximate surface area is 152 Å². The molecule has 0 saturated heterocycles. The highest BCUT2D eigenvalue weighted by atomic mass is 127. The van der Waals surface area contributed by atoms with E-state index in [4.69, 9.17) is 0 Å². The van der Waals surface area contributed by atoms with Crippen molar-refractivity contribution >= 4 is 29.9 Å². The molecule has 0 radical (unpaired) electrons. The zero-order chi connectivity index (χ0) is 15.3. The highest BCUT2D eigenvalue weighted by Gasteiger charge is 2.04. The van der Waals surface area contributed by atoms with Gasteiger partial charge in [0.2, 0.25) is 0 Å². The fourth-order valence-electron chi connectivity index (χ4n) is 2.20. The Morgan fingerprint density at radius 2 is 2.09 bits per heavy atom. The van der Waals surface area contributed by atoms with Gasteiger partial charge in [0.25, 0.3) is 0 Å². The van der Waals surface area contributed by atoms with Gasteiger partial charge in [0.1, 0.15) is 0 Å². The van der Waals surface area contributed by atoms with Crippen LogP contribution in [0.15, 0.2) is 23.7 Å². The molecule has 1 atom stereocenters. The fraction of sp³-hybridized carbons (Fsp3) is 0.750. The number of aliphatic imine (C=N–C) groups is 1. The molecule has 22 heavy (non-hydrogen) atoms. The second kappa shape index (κ2) is 13.8. The van der Waals surface area contributed by atoms with Crippen LogP contribution in [0.1, 0.15) is 52.9 Å². The topological polar surface area (TPSA) is 54.2 Å². The van der Waals surface area contributed by atoms with E-state index >= 15 is 0 Å². The minimum Gasteiger partial charge on any atom is -0.357 e. The van der Waals surface area contributed by atoms with Gasteiger partial charge in [-0.1, -0.05) is 32.6 Å². The number of imidazole rings is 1. The molecule has 1 aromatic rings. The summed E-state index contributed by atoms with van der Waals surface area (Å²) in [4.78, 5) is 8.66. The summed E-state index contributed by atoms with van der Waals surface area (Å²) < 4.78 is 2.04. The van der Waals surface area contributed by atoms with Crippen LogP contribution in [-0.2, 0) is 6.54 Å². The van der Waals surface area contributed by atoms with Crippen molar-refractivity contribution in [1.29, 1.82) is 0 Å². The molecule has 5 nitrogen and oxygen atoms in total. The molecular formula is C16H32IN5. The Morgan fingerprint density at radius 1 is 1.27 bits per heavy atom. The van der Waals surface area contributed by atoms with E-state index in [9.17, 15) is 0 Å². The summed E-state index contributed by atoms with van der Waals surface area (Å²) in [5.74, 6) is 0.917. The maximum atomic E-state index is 4.62. The van der Waals surface area contributed by atoms with Crippen LogP contribution < -0.4 is 10.6 Å². The van der Waals surface area contributed by atoms with Gasteiger partial charge in [0.15, 0.2) is 5.96 Å². The molecule has 1 heterocycles. The van der Waals surface area contributed by atoms with Crippen molar-refractivity contribution in [2.75, 3.05) is 13.1 Å². The summed E-state index contributed by atoms with van der Waals surface area (Å²) in [6.07, 6.45) is 12.0. The molecule has 0 aromatic carbocycles. The molecule has 1 rings (SSSR count). The van der Waals surface area contributed by atoms with Gasteiger partial charge in [-0.2, -0.15) is 0 Å². The van der Waals surface area contributed by atoms with E-state index < -0.39 is 0 Å². The number of aromatic nitrogens is 2. The smallest absolute Gasteiger partial charge is 0.191 e. The molecule has 0 aliphatic heterocycles. The molecule has 0 saturated carbocycles. The lowest BCUT2D eigenvalue weighted by molar-refractivity contribution is 0.536. The standard InChI is InChI=1S/C16H31N5.HI/c1-4-6-7-8-9-15(3)20-16(18-5-2)19-11-13-21-12-10-17-14-21;/h10,12,14-15H,4-9,11,13H2,1-3H3,(H2,18,19,20);1H. The normalized spacial score (nSPS) is 12.6. The quantitative estimate of drug-likeness (QED) is 0.264. The van der Waals surface area contributed by atoms with Gasteiger partial charge < -0.3 is 15.2 Å². The van der Waals surface area contributed by atoms with E-state index in [0.29, 0.717) is 6.04 Å². The average molecular weight is 421 g/mol. The van der Waals surface area contributed by atoms with Crippen LogP contribution in [0.4, 0.5) is 0 Å². The highest BCUT2D eigenvalue weighted by Crippen LogP contribution is 2.05. The van der Waals surface area contributed by atoms with Gasteiger partial charge >= 0.3 is 0 Å². The van der Waals surface area contributed by atoms with Gasteiger partial charge in [0.05, 0.1) is 12.9 Å². The molecule has 0 spiro atoms. The molecule has 0 bridgehead atoms. The van der Waals surface area contributed by atoms with Crippen molar-refractivity contribution < 1.29 is 0 Å². The second-order valence-electron chi connectivity index (χ2n) is 5.46. The highest BCUT2D eigenvalue weighted by molar-refractivity contribution is 14.0. The fourth-order valence-corrected chi connectivity index (χ4v) is 2.20. The van der Waals surface area contributed by atoms with Crippen LogP contribution in [-0.4, -0.2) is 34.6 Å². The van der Waals surface area contributed by atoms with Gasteiger partial charge in [-0.05, 0) is 20.3 Å². The number of nitrogens with one attached hydrogen (secondary N) is 2. The molecule has 0 aliphatic carbocycles. The van der Waals surface area contributed by atoms with Crippen molar-refractivity contribution in [3.63, 3.8) is 0 Å². The molecule has 0 aliphatic rings. The van der Waals surface area contributed by atoms with Gasteiger partial charge in [-0.25, -0.2) is 4.98 Å². The summed E-state index contributed by atoms with van der Waals surface area (Å²) in [6.45, 7) is 9.08. The maximum Gasteiger partial charge on any atom is 0.191 e. The van der Waals surface area contributed by atoms with Crippen LogP contribution in [0.3, 0.4) is 0 Å². The molecule has 1 aromatic heterocycles. The van der Waals surface area contributed by atoms with Crippen molar-refractivity contribution in [3.8, 4) is 0 Å². The first kappa shape index (κ1) is 21.2. The maximum absolute atomic E-state index is 4.62. The van der Waals surface area contributed by atoms with Gasteiger partial charge in [-0.3, -0.25) is 4.99 Å². The monoisotopic (exact) mass is 421 g/mol. The van der Waals surface area contributed by atoms with E-state index in [2.05, 4.69) is 41.4 Å². The van der Waals surface area contributed by atoms with Crippen molar-refractivity contribution in [3.05, 3.63) is 18.7 Å². The lowest BCUT2D eigenvalue weighted by Crippen LogP contribution is -2.42. The Balaban J connectivity index is 0.00000441. The van der Waals surface area contributed by atoms with Crippen LogP contribution in [0.25, 0.3) is 0 Å². The molecule has 0 amide bonds. The number of nitrogens with zero attached hydrogens (tertiary/aromatic N) is 3. The summed E-state index contributed by atoms with van der Waals surface area (Å²) in [5.41, 5.74) is 0. The molecule has 0 fully saturated rings. The number of hydrogen-bond donors (Lipinski definition) is 2. The largest absolute Gasteiger partial charge is 0.357 e. The van der Waals surface area contributed by atoms with Crippen molar-refractivity contribution in [2.24, 2.45) is 4.99 Å². The predicted molar refractivity (Wildman–Crippen MR) is 105 cm³/mol. The Hall–Kier alpha value is -0.790. The summed E-state index contributed by atoms with van der Waals surface area (Å²) in [5, 5.41) is 6.80. The number of rotatable bonds is 10. The average Bonchev–Trinajstić information content (AvgIpc) is 2.97. The Bertz CT molecular complexity index is 378. The Kier molecular flexibility index (Phi) is 13.3. The zero-order valence-electron chi connectivity index (χ0n) is 14.2. The van der Waals surface area contributed by atoms with E-state index in [1.807, 2.05) is 17.1 Å². The van der Waals surface area contributed by atoms with Crippen LogP contribution in [0.5, 0.6) is 0 Å². The van der Waals surface area contributed by atoms with Crippen LogP contribution >= 0.6 is 24.0 Å². The first-order valence-electron chi connectivity index (χ1n) is 8.26. The first-order chi connectivity index (χ1) is 10.3. The van der Waals surface area contributed by atoms with E-state index in [1.54, 1.807) is 6.20 Å². The number of halogens is 1. The third kappa shape index (κ3) is 10.0. The number of hydrogen-bond acceptors (Lipinski definition) is 2. The lowest BCUT2D eigenvalue weighted by atomic mass is 10.1. The summed E-state index contributed by atoms with van der Waals surface area (Å²) >= 11 is 0. The van der Waals surface area contributed by atoms with Crippen LogP contribution in [0.2, 0.25) is 0 Å². The van der Waals surface area contributed by atoms with Gasteiger partial charge in [-0.15, -0.1) is 24.0 Å². The molecule has 128 valence electrons. The van der Waals surface area contributed by atoms with Crippen molar-refractivity contribution in [2.45, 2.75) is 65.5 Å².